The minimum atomic E-state index is -0.0486. The molecule has 8 heavy (non-hydrogen) atoms. The van der Waals surface area contributed by atoms with Gasteiger partial charge in [0.25, 0.3) is 0 Å². The molecule has 0 bridgehead atoms. The van der Waals surface area contributed by atoms with Gasteiger partial charge in [-0.25, -0.2) is 0 Å². The fourth-order valence-electron chi connectivity index (χ4n) is 0.663. The predicted octanol–water partition coefficient (Wildman–Crippen LogP) is 1.35. The van der Waals surface area contributed by atoms with Crippen LogP contribution in [0, 0.1) is 0 Å². The third-order valence-electron chi connectivity index (χ3n) is 1.09. The van der Waals surface area contributed by atoms with Crippen molar-refractivity contribution in [1.82, 2.24) is 0 Å². The van der Waals surface area contributed by atoms with E-state index in [1.807, 2.05) is 6.92 Å². The van der Waals surface area contributed by atoms with Crippen molar-refractivity contribution in [3.8, 4) is 0 Å². The Bertz CT molecular complexity index is 88.5. The highest BCUT2D eigenvalue weighted by Crippen LogP contribution is 2.11. The zero-order valence-corrected chi connectivity index (χ0v) is 4.31. The van der Waals surface area contributed by atoms with E-state index in [-0.39, 0.29) is 19.5 Å². The Morgan fingerprint density at radius 3 is 2.50 bits per heavy atom. The molecular formula is C6H12O2. The van der Waals surface area contributed by atoms with E-state index in [1.54, 1.807) is 0 Å². The maximum atomic E-state index is 10.2. The Morgan fingerprint density at radius 1 is 1.75 bits per heavy atom. The molecule has 2 heteroatoms. The highest BCUT2D eigenvalue weighted by Gasteiger charge is 2.17. The first kappa shape index (κ1) is 7.47. The van der Waals surface area contributed by atoms with Crippen LogP contribution in [0.4, 0.5) is 0 Å². The largest absolute Gasteiger partial charge is 0.463 e. The van der Waals surface area contributed by atoms with Crippen molar-refractivity contribution >= 4 is 5.97 Å². The second-order valence-electron chi connectivity index (χ2n) is 1.84. The second-order valence-corrected chi connectivity index (χ2v) is 1.84. The Kier molecular flexibility index (Phi) is 2.52. The van der Waals surface area contributed by atoms with E-state index < -0.39 is 0 Å². The van der Waals surface area contributed by atoms with E-state index in [2.05, 4.69) is 0 Å². The first-order valence-corrected chi connectivity index (χ1v) is 2.48. The van der Waals surface area contributed by atoms with Crippen LogP contribution < -0.4 is 0 Å². The van der Waals surface area contributed by atoms with Crippen molar-refractivity contribution in [2.24, 2.45) is 0 Å². The van der Waals surface area contributed by atoms with Crippen LogP contribution in [0.3, 0.4) is 0 Å². The average Bonchev–Trinajstić information content (AvgIpc) is 1.87. The van der Waals surface area contributed by atoms with E-state index in [0.29, 0.717) is 6.42 Å². The maximum absolute atomic E-state index is 10.2. The van der Waals surface area contributed by atoms with E-state index in [0.717, 1.165) is 6.42 Å². The first-order chi connectivity index (χ1) is 3.29. The molecule has 48 valence electrons. The number of carbonyl (C=O) groups is 1. The van der Waals surface area contributed by atoms with Crippen LogP contribution in [0.15, 0.2) is 0 Å². The lowest BCUT2D eigenvalue weighted by Crippen LogP contribution is -1.98. The third-order valence-corrected chi connectivity index (χ3v) is 1.09. The van der Waals surface area contributed by atoms with Gasteiger partial charge in [-0.05, 0) is 13.3 Å². The number of hydrogen-bond donors (Lipinski definition) is 0. The van der Waals surface area contributed by atoms with E-state index in [1.165, 1.54) is 0 Å². The van der Waals surface area contributed by atoms with Crippen LogP contribution in [0.1, 0.15) is 27.2 Å². The molecule has 2 nitrogen and oxygen atoms in total. The molecule has 1 rings (SSSR count). The smallest absolute Gasteiger partial charge is 0.306 e. The SMILES string of the molecule is C.CC1CCC(=O)O1. The molecule has 1 aliphatic rings. The molecule has 1 heterocycles. The van der Waals surface area contributed by atoms with Crippen LogP contribution in [-0.4, -0.2) is 12.1 Å². The predicted molar refractivity (Wildman–Crippen MR) is 31.5 cm³/mol. The van der Waals surface area contributed by atoms with Gasteiger partial charge >= 0.3 is 5.97 Å². The van der Waals surface area contributed by atoms with E-state index in [9.17, 15) is 4.79 Å². The topological polar surface area (TPSA) is 26.3 Å². The van der Waals surface area contributed by atoms with Gasteiger partial charge in [-0.1, -0.05) is 7.43 Å². The molecule has 1 atom stereocenters. The molecule has 0 saturated carbocycles. The zero-order valence-electron chi connectivity index (χ0n) is 4.31. The molecule has 0 aliphatic carbocycles. The number of ether oxygens (including phenoxy) is 1. The van der Waals surface area contributed by atoms with Gasteiger partial charge in [0.2, 0.25) is 0 Å². The van der Waals surface area contributed by atoms with Gasteiger partial charge in [0.15, 0.2) is 0 Å². The fourth-order valence-corrected chi connectivity index (χ4v) is 0.663. The Balaban J connectivity index is 0.000000490. The lowest BCUT2D eigenvalue weighted by Gasteiger charge is -1.95. The lowest BCUT2D eigenvalue weighted by molar-refractivity contribution is -0.140. The first-order valence-electron chi connectivity index (χ1n) is 2.48. The summed E-state index contributed by atoms with van der Waals surface area (Å²) < 4.78 is 4.72. The molecule has 1 unspecified atom stereocenters. The Morgan fingerprint density at radius 2 is 2.38 bits per heavy atom. The van der Waals surface area contributed by atoms with Crippen LogP contribution >= 0.6 is 0 Å². The van der Waals surface area contributed by atoms with Crippen molar-refractivity contribution in [2.45, 2.75) is 33.3 Å². The number of hydrogen-bond acceptors (Lipinski definition) is 2. The molecule has 1 saturated heterocycles. The average molecular weight is 116 g/mol. The molecule has 0 aromatic heterocycles. The van der Waals surface area contributed by atoms with Gasteiger partial charge in [0.1, 0.15) is 0 Å². The number of rotatable bonds is 0. The molecule has 0 aromatic carbocycles. The third kappa shape index (κ3) is 1.52. The van der Waals surface area contributed by atoms with Gasteiger partial charge in [0.05, 0.1) is 6.10 Å². The summed E-state index contributed by atoms with van der Waals surface area (Å²) in [7, 11) is 0. The fraction of sp³-hybridized carbons (Fsp3) is 0.833. The van der Waals surface area contributed by atoms with Gasteiger partial charge in [-0.2, -0.15) is 0 Å². The van der Waals surface area contributed by atoms with Crippen molar-refractivity contribution in [2.75, 3.05) is 0 Å². The normalized spacial score (nSPS) is 26.6. The molecule has 0 aromatic rings. The Hall–Kier alpha value is -0.530. The molecule has 1 aliphatic heterocycles. The van der Waals surface area contributed by atoms with E-state index >= 15 is 0 Å². The van der Waals surface area contributed by atoms with Crippen molar-refractivity contribution in [3.63, 3.8) is 0 Å². The molecule has 0 N–H and O–H groups in total. The highest BCUT2D eigenvalue weighted by atomic mass is 16.5. The minimum absolute atomic E-state index is 0. The van der Waals surface area contributed by atoms with Gasteiger partial charge in [-0.3, -0.25) is 4.79 Å². The summed E-state index contributed by atoms with van der Waals surface area (Å²) in [5, 5.41) is 0. The van der Waals surface area contributed by atoms with Crippen LogP contribution in [-0.2, 0) is 9.53 Å². The summed E-state index contributed by atoms with van der Waals surface area (Å²) in [4.78, 5) is 10.2. The van der Waals surface area contributed by atoms with Crippen LogP contribution in [0.5, 0.6) is 0 Å². The standard InChI is InChI=1S/C5H8O2.CH4/c1-4-2-3-5(6)7-4;/h4H,2-3H2,1H3;1H4. The molecule has 1 fully saturated rings. The van der Waals surface area contributed by atoms with Crippen molar-refractivity contribution in [1.29, 1.82) is 0 Å². The summed E-state index contributed by atoms with van der Waals surface area (Å²) in [5.74, 6) is -0.0486. The van der Waals surface area contributed by atoms with Crippen LogP contribution in [0.2, 0.25) is 0 Å². The maximum Gasteiger partial charge on any atom is 0.306 e. The number of esters is 1. The summed E-state index contributed by atoms with van der Waals surface area (Å²) in [6, 6.07) is 0. The molecule has 0 amide bonds. The van der Waals surface area contributed by atoms with Crippen molar-refractivity contribution < 1.29 is 9.53 Å². The zero-order chi connectivity index (χ0) is 5.28. The number of cyclic esters (lactones) is 1. The Labute approximate surface area is 49.8 Å². The summed E-state index contributed by atoms with van der Waals surface area (Å²) in [6.45, 7) is 1.91. The van der Waals surface area contributed by atoms with Crippen LogP contribution in [0.25, 0.3) is 0 Å². The lowest BCUT2D eigenvalue weighted by atomic mass is 10.3. The highest BCUT2D eigenvalue weighted by molar-refractivity contribution is 5.71. The van der Waals surface area contributed by atoms with Gasteiger partial charge in [0, 0.05) is 6.42 Å². The summed E-state index contributed by atoms with van der Waals surface area (Å²) >= 11 is 0. The molecular weight excluding hydrogens is 104 g/mol. The molecule has 0 spiro atoms. The quantitative estimate of drug-likeness (QED) is 0.446. The minimum Gasteiger partial charge on any atom is -0.463 e. The summed E-state index contributed by atoms with van der Waals surface area (Å²) in [5.41, 5.74) is 0. The van der Waals surface area contributed by atoms with Gasteiger partial charge < -0.3 is 4.74 Å². The number of carbonyl (C=O) groups excluding carboxylic acids is 1. The van der Waals surface area contributed by atoms with Gasteiger partial charge in [-0.15, -0.1) is 0 Å². The monoisotopic (exact) mass is 116 g/mol. The summed E-state index contributed by atoms with van der Waals surface area (Å²) in [6.07, 6.45) is 1.69. The van der Waals surface area contributed by atoms with E-state index in [4.69, 9.17) is 4.74 Å². The second kappa shape index (κ2) is 2.70. The molecule has 0 radical (unpaired) electrons. The van der Waals surface area contributed by atoms with Crippen molar-refractivity contribution in [3.05, 3.63) is 0 Å².